The van der Waals surface area contributed by atoms with Gasteiger partial charge in [-0.25, -0.2) is 0 Å². The van der Waals surface area contributed by atoms with Crippen LogP contribution < -0.4 is 14.4 Å². The molecule has 0 saturated carbocycles. The second-order valence-corrected chi connectivity index (χ2v) is 4.94. The number of benzene rings is 1. The van der Waals surface area contributed by atoms with Crippen molar-refractivity contribution in [2.75, 3.05) is 25.7 Å². The third-order valence-corrected chi connectivity index (χ3v) is 3.76. The number of methoxy groups -OCH3 is 2. The van der Waals surface area contributed by atoms with E-state index < -0.39 is 0 Å². The van der Waals surface area contributed by atoms with Gasteiger partial charge in [-0.3, -0.25) is 4.79 Å². The molecule has 0 unspecified atom stereocenters. The Hall–Kier alpha value is -2.43. The van der Waals surface area contributed by atoms with Gasteiger partial charge in [-0.1, -0.05) is 0 Å². The Morgan fingerprint density at radius 2 is 1.86 bits per heavy atom. The van der Waals surface area contributed by atoms with Crippen molar-refractivity contribution in [3.63, 3.8) is 0 Å². The standard InChI is InChI=1S/C16H17NO4/c1-19-14-7-11-5-6-17(9-12(11)8-15(14)20-2)16-4-3-13(10-18)21-16/h3-4,7-8,10H,5-6,9H2,1-2H3. The number of furan rings is 1. The molecular weight excluding hydrogens is 270 g/mol. The summed E-state index contributed by atoms with van der Waals surface area (Å²) in [6, 6.07) is 7.55. The van der Waals surface area contributed by atoms with Gasteiger partial charge in [-0.15, -0.1) is 0 Å². The molecule has 0 fully saturated rings. The van der Waals surface area contributed by atoms with Crippen LogP contribution >= 0.6 is 0 Å². The second-order valence-electron chi connectivity index (χ2n) is 4.94. The van der Waals surface area contributed by atoms with E-state index in [1.54, 1.807) is 20.3 Å². The summed E-state index contributed by atoms with van der Waals surface area (Å²) >= 11 is 0. The molecule has 3 rings (SSSR count). The van der Waals surface area contributed by atoms with Gasteiger partial charge in [0.25, 0.3) is 0 Å². The quantitative estimate of drug-likeness (QED) is 0.809. The molecule has 110 valence electrons. The van der Waals surface area contributed by atoms with Crippen molar-refractivity contribution < 1.29 is 18.7 Å². The zero-order valence-electron chi connectivity index (χ0n) is 12.1. The molecule has 0 N–H and O–H groups in total. The summed E-state index contributed by atoms with van der Waals surface area (Å²) in [5.41, 5.74) is 2.44. The van der Waals surface area contributed by atoms with Crippen molar-refractivity contribution in [1.82, 2.24) is 0 Å². The normalized spacial score (nSPS) is 13.7. The molecule has 21 heavy (non-hydrogen) atoms. The van der Waals surface area contributed by atoms with Crippen molar-refractivity contribution in [2.45, 2.75) is 13.0 Å². The zero-order chi connectivity index (χ0) is 14.8. The molecule has 1 aromatic heterocycles. The van der Waals surface area contributed by atoms with E-state index in [0.29, 0.717) is 5.76 Å². The minimum atomic E-state index is 0.350. The van der Waals surface area contributed by atoms with E-state index in [1.807, 2.05) is 18.2 Å². The summed E-state index contributed by atoms with van der Waals surface area (Å²) in [6.45, 7) is 1.57. The predicted octanol–water partition coefficient (Wildman–Crippen LogP) is 2.67. The molecule has 0 saturated heterocycles. The largest absolute Gasteiger partial charge is 0.493 e. The summed E-state index contributed by atoms with van der Waals surface area (Å²) in [4.78, 5) is 12.8. The van der Waals surface area contributed by atoms with Crippen LogP contribution in [0.5, 0.6) is 11.5 Å². The molecule has 5 heteroatoms. The number of ether oxygens (including phenoxy) is 2. The van der Waals surface area contributed by atoms with E-state index in [-0.39, 0.29) is 0 Å². The summed E-state index contributed by atoms with van der Waals surface area (Å²) in [6.07, 6.45) is 1.61. The first-order valence-corrected chi connectivity index (χ1v) is 6.79. The summed E-state index contributed by atoms with van der Waals surface area (Å²) in [5, 5.41) is 0. The smallest absolute Gasteiger partial charge is 0.196 e. The fourth-order valence-electron chi connectivity index (χ4n) is 2.65. The Labute approximate surface area is 123 Å². The molecule has 0 atom stereocenters. The molecule has 0 radical (unpaired) electrons. The maximum atomic E-state index is 10.7. The van der Waals surface area contributed by atoms with Gasteiger partial charge >= 0.3 is 0 Å². The molecule has 5 nitrogen and oxygen atoms in total. The van der Waals surface area contributed by atoms with E-state index in [4.69, 9.17) is 13.9 Å². The molecule has 0 amide bonds. The number of rotatable bonds is 4. The molecule has 0 bridgehead atoms. The van der Waals surface area contributed by atoms with Crippen LogP contribution in [0.4, 0.5) is 5.88 Å². The van der Waals surface area contributed by atoms with E-state index in [2.05, 4.69) is 4.90 Å². The van der Waals surface area contributed by atoms with Crippen LogP contribution in [0, 0.1) is 0 Å². The predicted molar refractivity (Wildman–Crippen MR) is 78.4 cm³/mol. The highest BCUT2D eigenvalue weighted by Gasteiger charge is 2.21. The maximum Gasteiger partial charge on any atom is 0.196 e. The number of carbonyl (C=O) groups excluding carboxylic acids is 1. The van der Waals surface area contributed by atoms with Crippen molar-refractivity contribution in [3.8, 4) is 11.5 Å². The fraction of sp³-hybridized carbons (Fsp3) is 0.312. The van der Waals surface area contributed by atoms with Crippen LogP contribution in [0.2, 0.25) is 0 Å². The number of hydrogen-bond acceptors (Lipinski definition) is 5. The van der Waals surface area contributed by atoms with Gasteiger partial charge in [0.15, 0.2) is 29.4 Å². The van der Waals surface area contributed by atoms with E-state index in [1.165, 1.54) is 11.1 Å². The molecule has 1 aromatic carbocycles. The highest BCUT2D eigenvalue weighted by Crippen LogP contribution is 2.34. The van der Waals surface area contributed by atoms with Crippen LogP contribution in [0.3, 0.4) is 0 Å². The first-order chi connectivity index (χ1) is 10.2. The molecule has 0 aliphatic carbocycles. The zero-order valence-corrected chi connectivity index (χ0v) is 12.1. The van der Waals surface area contributed by atoms with Gasteiger partial charge in [0.1, 0.15) is 0 Å². The van der Waals surface area contributed by atoms with Gasteiger partial charge in [0, 0.05) is 19.2 Å². The van der Waals surface area contributed by atoms with Crippen molar-refractivity contribution in [3.05, 3.63) is 41.2 Å². The second kappa shape index (κ2) is 5.52. The van der Waals surface area contributed by atoms with Gasteiger partial charge in [0.05, 0.1) is 14.2 Å². The fourth-order valence-corrected chi connectivity index (χ4v) is 2.65. The lowest BCUT2D eigenvalue weighted by molar-refractivity contribution is 0.110. The van der Waals surface area contributed by atoms with Crippen molar-refractivity contribution >= 4 is 12.2 Å². The van der Waals surface area contributed by atoms with Crippen LogP contribution in [-0.2, 0) is 13.0 Å². The van der Waals surface area contributed by atoms with E-state index in [9.17, 15) is 4.79 Å². The van der Waals surface area contributed by atoms with Gasteiger partial charge in [-0.05, 0) is 35.7 Å². The number of aldehydes is 1. The van der Waals surface area contributed by atoms with Gasteiger partial charge in [0.2, 0.25) is 0 Å². The Balaban J connectivity index is 1.89. The SMILES string of the molecule is COc1cc2c(cc1OC)CN(c1ccc(C=O)o1)CC2. The Kier molecular flexibility index (Phi) is 3.56. The molecule has 2 aromatic rings. The van der Waals surface area contributed by atoms with Crippen LogP contribution in [0.15, 0.2) is 28.7 Å². The molecule has 0 spiro atoms. The highest BCUT2D eigenvalue weighted by molar-refractivity contribution is 5.71. The number of fused-ring (bicyclic) bond motifs is 1. The monoisotopic (exact) mass is 287 g/mol. The lowest BCUT2D eigenvalue weighted by atomic mass is 9.99. The minimum absolute atomic E-state index is 0.350. The third kappa shape index (κ3) is 2.46. The van der Waals surface area contributed by atoms with Crippen LogP contribution in [-0.4, -0.2) is 27.1 Å². The average Bonchev–Trinajstić information content (AvgIpc) is 3.02. The minimum Gasteiger partial charge on any atom is -0.493 e. The summed E-state index contributed by atoms with van der Waals surface area (Å²) in [7, 11) is 3.27. The number of nitrogens with zero attached hydrogens (tertiary/aromatic N) is 1. The van der Waals surface area contributed by atoms with Gasteiger partial charge < -0.3 is 18.8 Å². The summed E-state index contributed by atoms with van der Waals surface area (Å²) < 4.78 is 16.2. The molecule has 1 aliphatic rings. The highest BCUT2D eigenvalue weighted by atomic mass is 16.5. The molecular formula is C16H17NO4. The summed E-state index contributed by atoms with van der Waals surface area (Å²) in [5.74, 6) is 2.55. The first-order valence-electron chi connectivity index (χ1n) is 6.79. The number of hydrogen-bond donors (Lipinski definition) is 0. The Morgan fingerprint density at radius 1 is 1.14 bits per heavy atom. The van der Waals surface area contributed by atoms with Gasteiger partial charge in [-0.2, -0.15) is 0 Å². The van der Waals surface area contributed by atoms with E-state index in [0.717, 1.165) is 43.2 Å². The lowest BCUT2D eigenvalue weighted by Gasteiger charge is -2.29. The Bertz CT molecular complexity index is 662. The Morgan fingerprint density at radius 3 is 2.48 bits per heavy atom. The van der Waals surface area contributed by atoms with Crippen LogP contribution in [0.1, 0.15) is 21.7 Å². The maximum absolute atomic E-state index is 10.7. The average molecular weight is 287 g/mol. The van der Waals surface area contributed by atoms with Crippen LogP contribution in [0.25, 0.3) is 0 Å². The van der Waals surface area contributed by atoms with Crippen molar-refractivity contribution in [2.24, 2.45) is 0 Å². The number of anilines is 1. The van der Waals surface area contributed by atoms with Crippen molar-refractivity contribution in [1.29, 1.82) is 0 Å². The number of carbonyl (C=O) groups is 1. The van der Waals surface area contributed by atoms with E-state index >= 15 is 0 Å². The molecule has 1 aliphatic heterocycles. The first kappa shape index (κ1) is 13.5. The molecule has 2 heterocycles. The third-order valence-electron chi connectivity index (χ3n) is 3.76. The topological polar surface area (TPSA) is 51.9 Å². The lowest BCUT2D eigenvalue weighted by Crippen LogP contribution is -2.30.